The van der Waals surface area contributed by atoms with E-state index in [0.29, 0.717) is 0 Å². The molecule has 0 bridgehead atoms. The van der Waals surface area contributed by atoms with Gasteiger partial charge in [-0.25, -0.2) is 0 Å². The average Bonchev–Trinajstić information content (AvgIpc) is 3.94. The lowest BCUT2D eigenvalue weighted by molar-refractivity contribution is 0.660. The third-order valence-electron chi connectivity index (χ3n) is 11.1. The fourth-order valence-corrected chi connectivity index (χ4v) is 13.6. The molecule has 1 aliphatic carbocycles. The lowest BCUT2D eigenvalue weighted by Gasteiger charge is -2.26. The molecule has 0 amide bonds. The molecule has 0 fully saturated rings. The monoisotopic (exact) mass is 728 g/mol. The van der Waals surface area contributed by atoms with Gasteiger partial charge < -0.3 is 9.80 Å². The molecule has 0 spiro atoms. The van der Waals surface area contributed by atoms with Gasteiger partial charge in [0.2, 0.25) is 0 Å². The lowest BCUT2D eigenvalue weighted by Crippen LogP contribution is -2.17. The van der Waals surface area contributed by atoms with Crippen molar-refractivity contribution in [2.24, 2.45) is 0 Å². The zero-order chi connectivity index (χ0) is 34.2. The molecule has 0 unspecified atom stereocenters. The first-order valence-electron chi connectivity index (χ1n) is 17.3. The summed E-state index contributed by atoms with van der Waals surface area (Å²) in [6, 6.07) is 45.6. The Morgan fingerprint density at radius 2 is 0.745 bits per heavy atom. The molecule has 4 aromatic heterocycles. The largest absolute Gasteiger partial charge is 0.345 e. The van der Waals surface area contributed by atoms with Gasteiger partial charge >= 0.3 is 0 Å². The summed E-state index contributed by atoms with van der Waals surface area (Å²) in [5.74, 6) is 0. The first-order valence-corrected chi connectivity index (χ1v) is 20.5. The van der Waals surface area contributed by atoms with Gasteiger partial charge in [0.05, 0.1) is 18.8 Å². The first-order chi connectivity index (χ1) is 24.8. The van der Waals surface area contributed by atoms with Crippen LogP contribution in [0.4, 0.5) is 22.7 Å². The van der Waals surface area contributed by atoms with Crippen LogP contribution in [0.3, 0.4) is 0 Å². The first kappa shape index (κ1) is 30.0. The second-order valence-corrected chi connectivity index (χ2v) is 18.5. The minimum Gasteiger partial charge on any atom is -0.345 e. The molecule has 4 heterocycles. The molecule has 1 aliphatic rings. The van der Waals surface area contributed by atoms with Crippen molar-refractivity contribution in [3.63, 3.8) is 0 Å². The van der Waals surface area contributed by atoms with Crippen LogP contribution >= 0.6 is 45.3 Å². The van der Waals surface area contributed by atoms with Crippen molar-refractivity contribution in [3.05, 3.63) is 132 Å². The maximum Gasteiger partial charge on any atom is 0.0542 e. The summed E-state index contributed by atoms with van der Waals surface area (Å²) < 4.78 is 11.1. The highest BCUT2D eigenvalue weighted by molar-refractivity contribution is 7.37. The highest BCUT2D eigenvalue weighted by Crippen LogP contribution is 2.52. The summed E-state index contributed by atoms with van der Waals surface area (Å²) >= 11 is 7.67. The SMILES string of the molecule is CN(c1ccc2c(c1)C(C)(C)c1cc(N(C)c3ccc4c(c3)sc3c5ccccc5sc43)ccc1-2)c1ccc2c(c1)sc1c3ccccc3sc21. The summed E-state index contributed by atoms with van der Waals surface area (Å²) in [5.41, 5.74) is 10.2. The smallest absolute Gasteiger partial charge is 0.0542 e. The molecular weight excluding hydrogens is 697 g/mol. The van der Waals surface area contributed by atoms with Gasteiger partial charge in [-0.05, 0) is 82.9 Å². The summed E-state index contributed by atoms with van der Waals surface area (Å²) in [6.45, 7) is 4.77. The zero-order valence-corrected chi connectivity index (χ0v) is 31.8. The molecule has 11 rings (SSSR count). The van der Waals surface area contributed by atoms with Crippen LogP contribution in [0.5, 0.6) is 0 Å². The summed E-state index contributed by atoms with van der Waals surface area (Å²) in [6.07, 6.45) is 0. The number of fused-ring (bicyclic) bond motifs is 13. The number of anilines is 4. The maximum atomic E-state index is 2.42. The number of thiophene rings is 4. The van der Waals surface area contributed by atoms with Crippen LogP contribution < -0.4 is 9.80 Å². The van der Waals surface area contributed by atoms with Crippen molar-refractivity contribution in [1.29, 1.82) is 0 Å². The van der Waals surface area contributed by atoms with Crippen LogP contribution in [0.15, 0.2) is 121 Å². The van der Waals surface area contributed by atoms with Crippen LogP contribution in [0.1, 0.15) is 25.0 Å². The molecule has 0 saturated carbocycles. The Labute approximate surface area is 312 Å². The Balaban J connectivity index is 0.916. The molecule has 6 aromatic carbocycles. The van der Waals surface area contributed by atoms with Crippen molar-refractivity contribution in [2.75, 3.05) is 23.9 Å². The summed E-state index contributed by atoms with van der Waals surface area (Å²) in [7, 11) is 4.40. The predicted molar refractivity (Wildman–Crippen MR) is 230 cm³/mol. The van der Waals surface area contributed by atoms with Gasteiger partial charge in [-0.15, -0.1) is 45.3 Å². The molecule has 0 radical (unpaired) electrons. The molecule has 246 valence electrons. The Kier molecular flexibility index (Phi) is 6.26. The third-order valence-corrected chi connectivity index (χ3v) is 16.2. The fraction of sp³-hybridized carbons (Fsp3) is 0.111. The second-order valence-electron chi connectivity index (χ2n) is 14.3. The molecule has 51 heavy (non-hydrogen) atoms. The lowest BCUT2D eigenvalue weighted by atomic mass is 9.82. The maximum absolute atomic E-state index is 2.42. The van der Waals surface area contributed by atoms with Crippen molar-refractivity contribution in [2.45, 2.75) is 19.3 Å². The molecule has 0 atom stereocenters. The average molecular weight is 729 g/mol. The van der Waals surface area contributed by atoms with Crippen LogP contribution in [-0.4, -0.2) is 14.1 Å². The Hall–Kier alpha value is -4.72. The van der Waals surface area contributed by atoms with E-state index in [9.17, 15) is 0 Å². The summed E-state index contributed by atoms with van der Waals surface area (Å²) in [4.78, 5) is 4.69. The standard InChI is InChI=1S/C45H32N2S4/c1-45(2)35-21-25(46(3)27-15-19-33-39(23-27)50-41-31-9-5-7-11-37(31)48-43(33)41)13-17-29(35)30-18-14-26(22-36(30)45)47(4)28-16-20-34-40(24-28)51-42-32-10-6-8-12-38(32)49-44(34)42/h5-24H,1-4H3. The minimum absolute atomic E-state index is 0.120. The Morgan fingerprint density at radius 1 is 0.392 bits per heavy atom. The summed E-state index contributed by atoms with van der Waals surface area (Å²) in [5, 5.41) is 5.48. The number of benzene rings is 6. The van der Waals surface area contributed by atoms with Crippen LogP contribution in [0.25, 0.3) is 70.3 Å². The van der Waals surface area contributed by atoms with Gasteiger partial charge in [-0.3, -0.25) is 0 Å². The Morgan fingerprint density at radius 3 is 1.20 bits per heavy atom. The molecule has 0 aliphatic heterocycles. The highest BCUT2D eigenvalue weighted by Gasteiger charge is 2.36. The van der Waals surface area contributed by atoms with Crippen molar-refractivity contribution in [1.82, 2.24) is 0 Å². The quantitative estimate of drug-likeness (QED) is 0.178. The van der Waals surface area contributed by atoms with Crippen LogP contribution in [0.2, 0.25) is 0 Å². The van der Waals surface area contributed by atoms with E-state index in [1.807, 2.05) is 45.3 Å². The minimum atomic E-state index is -0.120. The van der Waals surface area contributed by atoms with E-state index < -0.39 is 0 Å². The van der Waals surface area contributed by atoms with Gasteiger partial charge in [-0.2, -0.15) is 0 Å². The van der Waals surface area contributed by atoms with E-state index >= 15 is 0 Å². The Bertz CT molecular complexity index is 2850. The van der Waals surface area contributed by atoms with Crippen molar-refractivity contribution >= 4 is 127 Å². The fourth-order valence-electron chi connectivity index (χ4n) is 8.23. The molecule has 0 saturated heterocycles. The second kappa shape index (κ2) is 10.7. The predicted octanol–water partition coefficient (Wildman–Crippen LogP) is 14.7. The highest BCUT2D eigenvalue weighted by atomic mass is 32.1. The number of rotatable bonds is 4. The molecule has 10 aromatic rings. The zero-order valence-electron chi connectivity index (χ0n) is 28.6. The van der Waals surface area contributed by atoms with Crippen molar-refractivity contribution < 1.29 is 0 Å². The van der Waals surface area contributed by atoms with Crippen molar-refractivity contribution in [3.8, 4) is 11.1 Å². The van der Waals surface area contributed by atoms with Crippen LogP contribution in [0, 0.1) is 0 Å². The normalized spacial score (nSPS) is 13.6. The molecule has 2 nitrogen and oxygen atoms in total. The van der Waals surface area contributed by atoms with E-state index in [4.69, 9.17) is 0 Å². The molecular formula is C45H32N2S4. The third kappa shape index (κ3) is 4.25. The number of nitrogens with zero attached hydrogens (tertiary/aromatic N) is 2. The number of hydrogen-bond acceptors (Lipinski definition) is 6. The van der Waals surface area contributed by atoms with Gasteiger partial charge in [-0.1, -0.05) is 74.5 Å². The molecule has 6 heteroatoms. The van der Waals surface area contributed by atoms with E-state index in [2.05, 4.69) is 159 Å². The van der Waals surface area contributed by atoms with Gasteiger partial charge in [0.1, 0.15) is 0 Å². The van der Waals surface area contributed by atoms with Gasteiger partial charge in [0, 0.05) is 82.6 Å². The van der Waals surface area contributed by atoms with Crippen LogP contribution in [-0.2, 0) is 5.41 Å². The number of hydrogen-bond donors (Lipinski definition) is 0. The topological polar surface area (TPSA) is 6.48 Å². The van der Waals surface area contributed by atoms with Gasteiger partial charge in [0.25, 0.3) is 0 Å². The van der Waals surface area contributed by atoms with E-state index in [0.717, 1.165) is 0 Å². The molecule has 0 N–H and O–H groups in total. The van der Waals surface area contributed by atoms with Gasteiger partial charge in [0.15, 0.2) is 0 Å². The van der Waals surface area contributed by atoms with E-state index in [-0.39, 0.29) is 5.41 Å². The van der Waals surface area contributed by atoms with E-state index in [1.165, 1.54) is 104 Å². The van der Waals surface area contributed by atoms with E-state index in [1.54, 1.807) is 0 Å².